The van der Waals surface area contributed by atoms with Gasteiger partial charge < -0.3 is 5.11 Å². The third-order valence-corrected chi connectivity index (χ3v) is 5.59. The second kappa shape index (κ2) is 5.88. The van der Waals surface area contributed by atoms with E-state index in [9.17, 15) is 14.2 Å². The molecule has 1 aliphatic rings. The van der Waals surface area contributed by atoms with Gasteiger partial charge in [-0.2, -0.15) is 10.6 Å². The summed E-state index contributed by atoms with van der Waals surface area (Å²) in [6, 6.07) is 5.65. The zero-order chi connectivity index (χ0) is 13.2. The van der Waals surface area contributed by atoms with Crippen molar-refractivity contribution in [3.8, 4) is 0 Å². The summed E-state index contributed by atoms with van der Waals surface area (Å²) < 4.78 is 19.8. The molecular formula is C12H18BrNO3S. The predicted octanol–water partition coefficient (Wildman–Crippen LogP) is 2.91. The molecule has 1 atom stereocenters. The Balaban J connectivity index is 1.91. The van der Waals surface area contributed by atoms with Crippen LogP contribution in [0.1, 0.15) is 18.5 Å². The molecule has 2 heterocycles. The Bertz CT molecular complexity index is 406. The number of aromatic nitrogens is 1. The van der Waals surface area contributed by atoms with Crippen molar-refractivity contribution in [3.05, 3.63) is 28.5 Å². The molecule has 1 unspecified atom stereocenters. The van der Waals surface area contributed by atoms with Crippen molar-refractivity contribution in [1.29, 1.82) is 0 Å². The normalized spacial score (nSPS) is 23.6. The second-order valence-electron chi connectivity index (χ2n) is 4.77. The van der Waals surface area contributed by atoms with Gasteiger partial charge in [-0.15, -0.1) is 0 Å². The van der Waals surface area contributed by atoms with Crippen molar-refractivity contribution >= 4 is 26.5 Å². The third-order valence-electron chi connectivity index (χ3n) is 3.37. The van der Waals surface area contributed by atoms with Gasteiger partial charge in [0.2, 0.25) is 0 Å². The zero-order valence-electron chi connectivity index (χ0n) is 10.00. The molecule has 2 rings (SSSR count). The summed E-state index contributed by atoms with van der Waals surface area (Å²) in [6.07, 6.45) is 1.42. The minimum absolute atomic E-state index is 0.144. The first kappa shape index (κ1) is 14.3. The van der Waals surface area contributed by atoms with Crippen molar-refractivity contribution in [1.82, 2.24) is 4.98 Å². The third kappa shape index (κ3) is 3.93. The lowest BCUT2D eigenvalue weighted by Gasteiger charge is -2.40. The largest absolute Gasteiger partial charge is 0.392 e. The quantitative estimate of drug-likeness (QED) is 0.742. The lowest BCUT2D eigenvalue weighted by Crippen LogP contribution is -2.30. The predicted molar refractivity (Wildman–Crippen MR) is 77.0 cm³/mol. The highest BCUT2D eigenvalue weighted by Gasteiger charge is 2.28. The highest BCUT2D eigenvalue weighted by atomic mass is 79.9. The fourth-order valence-corrected chi connectivity index (χ4v) is 4.20. The van der Waals surface area contributed by atoms with Crippen LogP contribution in [0.4, 0.5) is 0 Å². The van der Waals surface area contributed by atoms with E-state index in [2.05, 4.69) is 20.9 Å². The van der Waals surface area contributed by atoms with E-state index in [1.54, 1.807) is 0 Å². The molecule has 18 heavy (non-hydrogen) atoms. The number of aliphatic hydroxyl groups is 1. The Labute approximate surface area is 117 Å². The Morgan fingerprint density at radius 3 is 2.61 bits per heavy atom. The molecular weight excluding hydrogens is 318 g/mol. The van der Waals surface area contributed by atoms with E-state index in [-0.39, 0.29) is 5.92 Å². The fourth-order valence-electron chi connectivity index (χ4n) is 2.26. The molecule has 1 fully saturated rings. The van der Waals surface area contributed by atoms with E-state index < -0.39 is 16.7 Å². The van der Waals surface area contributed by atoms with Gasteiger partial charge in [-0.05, 0) is 46.8 Å². The molecule has 4 nitrogen and oxygen atoms in total. The summed E-state index contributed by atoms with van der Waals surface area (Å²) in [6.45, 7) is 0. The first-order valence-electron chi connectivity index (χ1n) is 5.99. The van der Waals surface area contributed by atoms with Crippen molar-refractivity contribution < 1.29 is 14.2 Å². The van der Waals surface area contributed by atoms with Gasteiger partial charge in [0, 0.05) is 23.6 Å². The molecule has 0 amide bonds. The van der Waals surface area contributed by atoms with Gasteiger partial charge in [-0.25, -0.2) is 4.98 Å². The first-order chi connectivity index (χ1) is 8.46. The summed E-state index contributed by atoms with van der Waals surface area (Å²) in [7, 11) is -2.36. The summed E-state index contributed by atoms with van der Waals surface area (Å²) in [4.78, 5) is 4.30. The summed E-state index contributed by atoms with van der Waals surface area (Å²) in [5.74, 6) is 0.979. The molecule has 0 aliphatic carbocycles. The van der Waals surface area contributed by atoms with Crippen LogP contribution >= 0.6 is 26.5 Å². The van der Waals surface area contributed by atoms with Crippen LogP contribution in [-0.4, -0.2) is 36.8 Å². The average Bonchev–Trinajstić information content (AvgIpc) is 2.28. The molecule has 1 aromatic heterocycles. The maximum atomic E-state index is 10.2. The van der Waals surface area contributed by atoms with Gasteiger partial charge >= 0.3 is 0 Å². The molecule has 102 valence electrons. The van der Waals surface area contributed by atoms with E-state index in [4.69, 9.17) is 0 Å². The van der Waals surface area contributed by atoms with Crippen LogP contribution in [0, 0.1) is 5.92 Å². The number of halogens is 1. The van der Waals surface area contributed by atoms with Crippen molar-refractivity contribution in [3.63, 3.8) is 0 Å². The Kier molecular flexibility index (Phi) is 4.66. The van der Waals surface area contributed by atoms with Crippen LogP contribution in [0.5, 0.6) is 0 Å². The number of hydrogen-bond acceptors (Lipinski definition) is 4. The van der Waals surface area contributed by atoms with Gasteiger partial charge in [0.1, 0.15) is 4.60 Å². The number of nitrogens with zero attached hydrogens (tertiary/aromatic N) is 1. The SMILES string of the molecule is OC(Cc1cccc(Br)n1)C1CCS(O)(O)CC1. The monoisotopic (exact) mass is 335 g/mol. The van der Waals surface area contributed by atoms with E-state index in [1.165, 1.54) is 0 Å². The van der Waals surface area contributed by atoms with Crippen LogP contribution in [0.2, 0.25) is 0 Å². The lowest BCUT2D eigenvalue weighted by atomic mass is 9.93. The lowest BCUT2D eigenvalue weighted by molar-refractivity contribution is 0.0997. The van der Waals surface area contributed by atoms with Gasteiger partial charge in [0.25, 0.3) is 0 Å². The van der Waals surface area contributed by atoms with Crippen LogP contribution < -0.4 is 0 Å². The van der Waals surface area contributed by atoms with E-state index in [0.29, 0.717) is 30.8 Å². The minimum atomic E-state index is -2.36. The molecule has 6 heteroatoms. The number of pyridine rings is 1. The van der Waals surface area contributed by atoms with E-state index in [0.717, 1.165) is 10.3 Å². The summed E-state index contributed by atoms with van der Waals surface area (Å²) in [5.41, 5.74) is 0.856. The molecule has 3 N–H and O–H groups in total. The number of aliphatic hydroxyl groups excluding tert-OH is 1. The van der Waals surface area contributed by atoms with Crippen LogP contribution in [0.3, 0.4) is 0 Å². The highest BCUT2D eigenvalue weighted by molar-refractivity contribution is 9.10. The highest BCUT2D eigenvalue weighted by Crippen LogP contribution is 2.46. The number of rotatable bonds is 3. The van der Waals surface area contributed by atoms with Gasteiger partial charge in [0.15, 0.2) is 0 Å². The molecule has 0 aromatic carbocycles. The van der Waals surface area contributed by atoms with Crippen molar-refractivity contribution in [2.75, 3.05) is 11.5 Å². The maximum absolute atomic E-state index is 10.2. The Morgan fingerprint density at radius 1 is 1.33 bits per heavy atom. The molecule has 1 saturated heterocycles. The van der Waals surface area contributed by atoms with Gasteiger partial charge in [-0.1, -0.05) is 6.07 Å². The molecule has 1 aromatic rings. The van der Waals surface area contributed by atoms with E-state index >= 15 is 0 Å². The summed E-state index contributed by atoms with van der Waals surface area (Å²) in [5, 5.41) is 10.2. The fraction of sp³-hybridized carbons (Fsp3) is 0.583. The zero-order valence-corrected chi connectivity index (χ0v) is 12.4. The Morgan fingerprint density at radius 2 is 2.00 bits per heavy atom. The van der Waals surface area contributed by atoms with Crippen LogP contribution in [0.25, 0.3) is 0 Å². The van der Waals surface area contributed by atoms with Crippen LogP contribution in [0.15, 0.2) is 22.8 Å². The van der Waals surface area contributed by atoms with Crippen LogP contribution in [-0.2, 0) is 6.42 Å². The average molecular weight is 336 g/mol. The molecule has 0 saturated carbocycles. The first-order valence-corrected chi connectivity index (χ1v) is 8.67. The van der Waals surface area contributed by atoms with Gasteiger partial charge in [0.05, 0.1) is 6.10 Å². The van der Waals surface area contributed by atoms with Crippen molar-refractivity contribution in [2.45, 2.75) is 25.4 Å². The Hall–Kier alpha value is -0.140. The van der Waals surface area contributed by atoms with E-state index in [1.807, 2.05) is 18.2 Å². The van der Waals surface area contributed by atoms with Gasteiger partial charge in [-0.3, -0.25) is 9.11 Å². The standard InChI is InChI=1S/C12H18BrNO3S/c13-12-3-1-2-10(14-12)8-11(15)9-4-6-18(16,17)7-5-9/h1-3,9,11,15-17H,4-8H2. The summed E-state index contributed by atoms with van der Waals surface area (Å²) >= 11 is 3.31. The molecule has 1 aliphatic heterocycles. The van der Waals surface area contributed by atoms with Crippen molar-refractivity contribution in [2.24, 2.45) is 5.92 Å². The molecule has 0 radical (unpaired) electrons. The minimum Gasteiger partial charge on any atom is -0.392 e. The number of hydrogen-bond donors (Lipinski definition) is 3. The molecule has 0 bridgehead atoms. The second-order valence-corrected chi connectivity index (χ2v) is 8.00. The maximum Gasteiger partial charge on any atom is 0.106 e. The topological polar surface area (TPSA) is 73.6 Å². The molecule has 0 spiro atoms. The smallest absolute Gasteiger partial charge is 0.106 e.